The summed E-state index contributed by atoms with van der Waals surface area (Å²) in [5, 5.41) is 0. The molecule has 16 heavy (non-hydrogen) atoms. The average molecular weight is 224 g/mol. The third-order valence-corrected chi connectivity index (χ3v) is 4.80. The van der Waals surface area contributed by atoms with Crippen molar-refractivity contribution in [3.63, 3.8) is 0 Å². The molecular weight excluding hydrogens is 196 g/mol. The Kier molecular flexibility index (Phi) is 4.66. The van der Waals surface area contributed by atoms with E-state index in [9.17, 15) is 0 Å². The van der Waals surface area contributed by atoms with Crippen molar-refractivity contribution in [3.8, 4) is 0 Å². The Morgan fingerprint density at radius 1 is 1.00 bits per heavy atom. The molecule has 2 aliphatic rings. The number of nitrogens with zero attached hydrogens (tertiary/aromatic N) is 1. The van der Waals surface area contributed by atoms with Gasteiger partial charge in [-0.05, 0) is 56.5 Å². The molecule has 0 heterocycles. The Labute approximate surface area is 101 Å². The molecule has 2 unspecified atom stereocenters. The molecule has 2 aliphatic carbocycles. The van der Waals surface area contributed by atoms with Crippen LogP contribution in [0.5, 0.6) is 0 Å². The van der Waals surface area contributed by atoms with E-state index in [-0.39, 0.29) is 0 Å². The highest BCUT2D eigenvalue weighted by molar-refractivity contribution is 4.82. The van der Waals surface area contributed by atoms with Crippen molar-refractivity contribution in [1.29, 1.82) is 0 Å². The van der Waals surface area contributed by atoms with Crippen molar-refractivity contribution in [2.45, 2.75) is 45.4 Å². The predicted octanol–water partition coefficient (Wildman–Crippen LogP) is 2.48. The van der Waals surface area contributed by atoms with Gasteiger partial charge in [0.25, 0.3) is 0 Å². The van der Waals surface area contributed by atoms with Crippen LogP contribution in [0.2, 0.25) is 0 Å². The Hall–Kier alpha value is -0.0800. The molecule has 2 saturated carbocycles. The van der Waals surface area contributed by atoms with Crippen molar-refractivity contribution in [2.75, 3.05) is 26.2 Å². The smallest absolute Gasteiger partial charge is 0.00128 e. The molecule has 0 aromatic heterocycles. The lowest BCUT2D eigenvalue weighted by molar-refractivity contribution is 0.152. The van der Waals surface area contributed by atoms with Gasteiger partial charge in [-0.1, -0.05) is 19.8 Å². The van der Waals surface area contributed by atoms with Crippen molar-refractivity contribution in [3.05, 3.63) is 0 Å². The van der Waals surface area contributed by atoms with Gasteiger partial charge in [-0.15, -0.1) is 0 Å². The second-order valence-corrected chi connectivity index (χ2v) is 5.84. The van der Waals surface area contributed by atoms with E-state index in [1.165, 1.54) is 58.2 Å². The van der Waals surface area contributed by atoms with Gasteiger partial charge in [-0.2, -0.15) is 0 Å². The zero-order valence-electron chi connectivity index (χ0n) is 10.8. The fraction of sp³-hybridized carbons (Fsp3) is 1.00. The third kappa shape index (κ3) is 2.98. The van der Waals surface area contributed by atoms with E-state index in [1.54, 1.807) is 0 Å². The minimum atomic E-state index is 0.815. The van der Waals surface area contributed by atoms with Crippen LogP contribution in [0.3, 0.4) is 0 Å². The van der Waals surface area contributed by atoms with Crippen molar-refractivity contribution < 1.29 is 0 Å². The lowest BCUT2D eigenvalue weighted by Gasteiger charge is -2.34. The van der Waals surface area contributed by atoms with Gasteiger partial charge in [0, 0.05) is 13.1 Å². The highest BCUT2D eigenvalue weighted by atomic mass is 15.1. The highest BCUT2D eigenvalue weighted by Gasteiger charge is 2.28. The third-order valence-electron chi connectivity index (χ3n) is 4.80. The maximum absolute atomic E-state index is 5.86. The van der Waals surface area contributed by atoms with E-state index < -0.39 is 0 Å². The highest BCUT2D eigenvalue weighted by Crippen LogP contribution is 2.33. The summed E-state index contributed by atoms with van der Waals surface area (Å²) < 4.78 is 0. The summed E-state index contributed by atoms with van der Waals surface area (Å²) in [6.45, 7) is 7.11. The molecule has 0 spiro atoms. The summed E-state index contributed by atoms with van der Waals surface area (Å²) in [5.74, 6) is 2.72. The monoisotopic (exact) mass is 224 g/mol. The minimum Gasteiger partial charge on any atom is -0.330 e. The molecule has 0 saturated heterocycles. The van der Waals surface area contributed by atoms with Crippen LogP contribution in [0, 0.1) is 17.8 Å². The maximum Gasteiger partial charge on any atom is 0.00128 e. The van der Waals surface area contributed by atoms with Crippen LogP contribution < -0.4 is 5.73 Å². The SMILES string of the molecule is CCN(CC1CCC1)CC1CCCC1CN. The van der Waals surface area contributed by atoms with E-state index in [4.69, 9.17) is 5.73 Å². The van der Waals surface area contributed by atoms with Crippen LogP contribution in [0.1, 0.15) is 45.4 Å². The molecule has 94 valence electrons. The zero-order valence-corrected chi connectivity index (χ0v) is 10.8. The molecule has 0 bridgehead atoms. The number of hydrogen-bond acceptors (Lipinski definition) is 2. The van der Waals surface area contributed by atoms with Gasteiger partial charge < -0.3 is 10.6 Å². The lowest BCUT2D eigenvalue weighted by Crippen LogP contribution is -2.37. The summed E-state index contributed by atoms with van der Waals surface area (Å²) in [7, 11) is 0. The van der Waals surface area contributed by atoms with Gasteiger partial charge >= 0.3 is 0 Å². The van der Waals surface area contributed by atoms with Crippen LogP contribution in [0.4, 0.5) is 0 Å². The quantitative estimate of drug-likeness (QED) is 0.751. The van der Waals surface area contributed by atoms with Gasteiger partial charge in [0.15, 0.2) is 0 Å². The van der Waals surface area contributed by atoms with Crippen LogP contribution in [-0.4, -0.2) is 31.1 Å². The molecule has 2 fully saturated rings. The normalized spacial score (nSPS) is 30.9. The molecule has 2 atom stereocenters. The first kappa shape index (κ1) is 12.4. The Bertz CT molecular complexity index is 201. The van der Waals surface area contributed by atoms with Gasteiger partial charge in [-0.25, -0.2) is 0 Å². The van der Waals surface area contributed by atoms with E-state index in [0.29, 0.717) is 0 Å². The van der Waals surface area contributed by atoms with E-state index >= 15 is 0 Å². The van der Waals surface area contributed by atoms with Gasteiger partial charge in [0.1, 0.15) is 0 Å². The molecule has 0 radical (unpaired) electrons. The fourth-order valence-electron chi connectivity index (χ4n) is 3.37. The van der Waals surface area contributed by atoms with E-state index in [2.05, 4.69) is 11.8 Å². The van der Waals surface area contributed by atoms with Crippen LogP contribution >= 0.6 is 0 Å². The second-order valence-electron chi connectivity index (χ2n) is 5.84. The molecule has 2 heteroatoms. The minimum absolute atomic E-state index is 0.815. The van der Waals surface area contributed by atoms with Crippen molar-refractivity contribution in [1.82, 2.24) is 4.90 Å². The van der Waals surface area contributed by atoms with Crippen molar-refractivity contribution in [2.24, 2.45) is 23.5 Å². The Morgan fingerprint density at radius 3 is 2.25 bits per heavy atom. The predicted molar refractivity (Wildman–Crippen MR) is 69.3 cm³/mol. The number of hydrogen-bond donors (Lipinski definition) is 1. The molecule has 2 N–H and O–H groups in total. The summed E-state index contributed by atoms with van der Waals surface area (Å²) in [5.41, 5.74) is 5.86. The van der Waals surface area contributed by atoms with Crippen LogP contribution in [-0.2, 0) is 0 Å². The fourth-order valence-corrected chi connectivity index (χ4v) is 3.37. The average Bonchev–Trinajstić information content (AvgIpc) is 2.68. The van der Waals surface area contributed by atoms with E-state index in [0.717, 1.165) is 24.3 Å². The molecule has 0 aromatic rings. The molecule has 0 aromatic carbocycles. The first-order valence-electron chi connectivity index (χ1n) is 7.26. The lowest BCUT2D eigenvalue weighted by atomic mass is 9.84. The van der Waals surface area contributed by atoms with Gasteiger partial charge in [0.05, 0.1) is 0 Å². The maximum atomic E-state index is 5.86. The summed E-state index contributed by atoms with van der Waals surface area (Å²) in [6, 6.07) is 0. The Morgan fingerprint density at radius 2 is 1.69 bits per heavy atom. The molecule has 2 nitrogen and oxygen atoms in total. The first-order valence-corrected chi connectivity index (χ1v) is 7.26. The second kappa shape index (κ2) is 6.02. The van der Waals surface area contributed by atoms with Crippen LogP contribution in [0.15, 0.2) is 0 Å². The molecule has 0 aliphatic heterocycles. The van der Waals surface area contributed by atoms with Crippen molar-refractivity contribution >= 4 is 0 Å². The Balaban J connectivity index is 1.75. The van der Waals surface area contributed by atoms with Gasteiger partial charge in [-0.3, -0.25) is 0 Å². The summed E-state index contributed by atoms with van der Waals surface area (Å²) in [4.78, 5) is 2.68. The standard InChI is InChI=1S/C14H28N2/c1-2-16(10-12-5-3-6-12)11-14-8-4-7-13(14)9-15/h12-14H,2-11,15H2,1H3. The summed E-state index contributed by atoms with van der Waals surface area (Å²) in [6.07, 6.45) is 8.62. The number of nitrogens with two attached hydrogens (primary N) is 1. The van der Waals surface area contributed by atoms with Gasteiger partial charge in [0.2, 0.25) is 0 Å². The van der Waals surface area contributed by atoms with E-state index in [1.807, 2.05) is 0 Å². The largest absolute Gasteiger partial charge is 0.330 e. The zero-order chi connectivity index (χ0) is 11.4. The summed E-state index contributed by atoms with van der Waals surface area (Å²) >= 11 is 0. The molecular formula is C14H28N2. The molecule has 0 amide bonds. The first-order chi connectivity index (χ1) is 7.83. The topological polar surface area (TPSA) is 29.3 Å². The van der Waals surface area contributed by atoms with Crippen LogP contribution in [0.25, 0.3) is 0 Å². The molecule has 2 rings (SSSR count). The number of rotatable bonds is 6.